The van der Waals surface area contributed by atoms with Crippen LogP contribution < -0.4 is 30.9 Å². The Labute approximate surface area is 243 Å². The highest BCUT2D eigenvalue weighted by atomic mass is 32.2. The quantitative estimate of drug-likeness (QED) is 0.206. The Morgan fingerprint density at radius 2 is 1.12 bits per heavy atom. The predicted molar refractivity (Wildman–Crippen MR) is 171 cm³/mol. The summed E-state index contributed by atoms with van der Waals surface area (Å²) in [5.74, 6) is 1.84. The normalized spacial score (nSPS) is 13.8. The fourth-order valence-corrected chi connectivity index (χ4v) is 7.80. The number of fused-ring (bicyclic) bond motifs is 7. The van der Waals surface area contributed by atoms with E-state index in [2.05, 4.69) is 149 Å². The van der Waals surface area contributed by atoms with Gasteiger partial charge in [0, 0.05) is 28.0 Å². The van der Waals surface area contributed by atoms with Crippen LogP contribution in [0, 0.1) is 0 Å². The lowest BCUT2D eigenvalue weighted by Crippen LogP contribution is -2.59. The van der Waals surface area contributed by atoms with Gasteiger partial charge < -0.3 is 14.5 Å². The lowest BCUT2D eigenvalue weighted by molar-refractivity contribution is 0.487. The molecule has 9 rings (SSSR count). The van der Waals surface area contributed by atoms with Crippen LogP contribution >= 0.6 is 11.8 Å². The number of benzene rings is 6. The van der Waals surface area contributed by atoms with Gasteiger partial charge in [-0.3, -0.25) is 0 Å². The topological polar surface area (TPSA) is 15.7 Å². The van der Waals surface area contributed by atoms with Crippen LogP contribution in [0.5, 0.6) is 11.5 Å². The van der Waals surface area contributed by atoms with Crippen molar-refractivity contribution in [3.05, 3.63) is 140 Å². The highest BCUT2D eigenvalue weighted by molar-refractivity contribution is 8.00. The maximum absolute atomic E-state index is 6.80. The number of anilines is 6. The van der Waals surface area contributed by atoms with Gasteiger partial charge in [-0.1, -0.05) is 96.7 Å². The van der Waals surface area contributed by atoms with E-state index < -0.39 is 0 Å². The Hall–Kier alpha value is -4.87. The summed E-state index contributed by atoms with van der Waals surface area (Å²) in [7, 11) is 0. The van der Waals surface area contributed by atoms with Gasteiger partial charge >= 0.3 is 0 Å². The van der Waals surface area contributed by atoms with Crippen molar-refractivity contribution in [3.8, 4) is 11.5 Å². The smallest absolute Gasteiger partial charge is 0.256 e. The van der Waals surface area contributed by atoms with E-state index in [9.17, 15) is 0 Å². The fraction of sp³-hybridized carbons (Fsp3) is 0. The summed E-state index contributed by atoms with van der Waals surface area (Å²) in [6.07, 6.45) is 0. The molecule has 0 saturated heterocycles. The minimum Gasteiger partial charge on any atom is -0.458 e. The van der Waals surface area contributed by atoms with Crippen LogP contribution in [0.1, 0.15) is 0 Å². The first-order valence-electron chi connectivity index (χ1n) is 13.9. The van der Waals surface area contributed by atoms with Gasteiger partial charge in [-0.2, -0.15) is 0 Å². The van der Waals surface area contributed by atoms with E-state index in [0.717, 1.165) is 28.6 Å². The van der Waals surface area contributed by atoms with Crippen molar-refractivity contribution in [2.75, 3.05) is 9.80 Å². The van der Waals surface area contributed by atoms with Crippen molar-refractivity contribution in [2.45, 2.75) is 9.79 Å². The average Bonchev–Trinajstić information content (AvgIpc) is 3.04. The summed E-state index contributed by atoms with van der Waals surface area (Å²) in [6, 6.07) is 49.7. The van der Waals surface area contributed by atoms with Crippen LogP contribution in [0.15, 0.2) is 149 Å². The predicted octanol–water partition coefficient (Wildman–Crippen LogP) is 8.03. The van der Waals surface area contributed by atoms with Gasteiger partial charge in [-0.15, -0.1) is 0 Å². The maximum Gasteiger partial charge on any atom is 0.256 e. The summed E-state index contributed by atoms with van der Waals surface area (Å²) in [5.41, 5.74) is 10.7. The highest BCUT2D eigenvalue weighted by Gasteiger charge is 2.45. The van der Waals surface area contributed by atoms with Gasteiger partial charge in [-0.05, 0) is 64.9 Å². The Morgan fingerprint density at radius 1 is 0.512 bits per heavy atom. The Morgan fingerprint density at radius 3 is 1.90 bits per heavy atom. The Kier molecular flexibility index (Phi) is 4.93. The summed E-state index contributed by atoms with van der Waals surface area (Å²) in [5, 5.41) is 0. The second-order valence-electron chi connectivity index (χ2n) is 10.5. The molecule has 3 heterocycles. The van der Waals surface area contributed by atoms with E-state index in [1.54, 1.807) is 0 Å². The molecule has 0 unspecified atom stereocenters. The van der Waals surface area contributed by atoms with Gasteiger partial charge in [0.25, 0.3) is 6.71 Å². The molecule has 0 N–H and O–H groups in total. The lowest BCUT2D eigenvalue weighted by atomic mass is 9.34. The zero-order valence-corrected chi connectivity index (χ0v) is 22.9. The van der Waals surface area contributed by atoms with E-state index >= 15 is 0 Å². The molecule has 3 nitrogen and oxygen atoms in total. The number of rotatable bonds is 2. The molecule has 0 atom stereocenters. The van der Waals surface area contributed by atoms with Crippen LogP contribution in [0.25, 0.3) is 0 Å². The molecule has 0 aliphatic carbocycles. The monoisotopic (exact) mass is 542 g/mol. The molecule has 0 spiro atoms. The van der Waals surface area contributed by atoms with Crippen molar-refractivity contribution >= 4 is 69.0 Å². The summed E-state index contributed by atoms with van der Waals surface area (Å²) in [6.45, 7) is 0.0781. The van der Waals surface area contributed by atoms with Gasteiger partial charge in [0.05, 0.1) is 22.0 Å². The SMILES string of the molecule is c1ccc(N2c3ccccc3Sc3c2cc2c4c3N(c3ccccc3)c3ccccc3B4c3ccccc3O2)cc1. The average molecular weight is 542 g/mol. The molecular weight excluding hydrogens is 519 g/mol. The number of ether oxygens (including phenoxy) is 1. The second-order valence-corrected chi connectivity index (χ2v) is 11.6. The van der Waals surface area contributed by atoms with Gasteiger partial charge in [0.1, 0.15) is 11.5 Å². The molecule has 0 saturated carbocycles. The number of hydrogen-bond donors (Lipinski definition) is 0. The summed E-state index contributed by atoms with van der Waals surface area (Å²) >= 11 is 1.86. The molecule has 6 aromatic rings. The van der Waals surface area contributed by atoms with Crippen molar-refractivity contribution in [1.82, 2.24) is 0 Å². The molecule has 0 bridgehead atoms. The van der Waals surface area contributed by atoms with E-state index in [0.29, 0.717) is 0 Å². The minimum atomic E-state index is 0.0781. The molecule has 3 aliphatic rings. The van der Waals surface area contributed by atoms with Gasteiger partial charge in [0.2, 0.25) is 0 Å². The minimum absolute atomic E-state index is 0.0781. The largest absolute Gasteiger partial charge is 0.458 e. The first kappa shape index (κ1) is 22.9. The zero-order valence-electron chi connectivity index (χ0n) is 22.1. The maximum atomic E-state index is 6.80. The molecular formula is C36H23BN2OS. The summed E-state index contributed by atoms with van der Waals surface area (Å²) in [4.78, 5) is 7.31. The van der Waals surface area contributed by atoms with Crippen molar-refractivity contribution < 1.29 is 4.74 Å². The van der Waals surface area contributed by atoms with Crippen LogP contribution in [0.2, 0.25) is 0 Å². The van der Waals surface area contributed by atoms with E-state index in [1.807, 2.05) is 11.8 Å². The van der Waals surface area contributed by atoms with E-state index in [1.165, 1.54) is 43.2 Å². The molecule has 3 aliphatic heterocycles. The molecule has 5 heteroatoms. The first-order chi connectivity index (χ1) is 20.4. The summed E-state index contributed by atoms with van der Waals surface area (Å²) < 4.78 is 6.80. The van der Waals surface area contributed by atoms with Crippen molar-refractivity contribution in [3.63, 3.8) is 0 Å². The third-order valence-corrected chi connectivity index (χ3v) is 9.45. The molecule has 0 aromatic heterocycles. The highest BCUT2D eigenvalue weighted by Crippen LogP contribution is 2.57. The Balaban J connectivity index is 1.42. The van der Waals surface area contributed by atoms with Crippen LogP contribution in [0.4, 0.5) is 34.1 Å². The van der Waals surface area contributed by atoms with Gasteiger partial charge in [0.15, 0.2) is 0 Å². The third kappa shape index (κ3) is 3.30. The first-order valence-corrected chi connectivity index (χ1v) is 14.7. The standard InChI is InChI=1S/C36H23BN2OS/c1-3-13-24(14-4-1)38-29-20-10-12-22-33(29)41-36-30(38)23-32-34-35(36)39(25-15-5-2-6-16-25)28-19-9-7-17-26(28)37(34)27-18-8-11-21-31(27)40-32/h1-23H. The molecule has 0 radical (unpaired) electrons. The molecule has 41 heavy (non-hydrogen) atoms. The molecule has 192 valence electrons. The number of hydrogen-bond acceptors (Lipinski definition) is 4. The number of para-hydroxylation sites is 5. The lowest BCUT2D eigenvalue weighted by Gasteiger charge is -2.43. The van der Waals surface area contributed by atoms with Crippen LogP contribution in [-0.2, 0) is 0 Å². The van der Waals surface area contributed by atoms with E-state index in [4.69, 9.17) is 4.74 Å². The molecule has 0 amide bonds. The Bertz CT molecular complexity index is 1980. The van der Waals surface area contributed by atoms with Crippen LogP contribution in [-0.4, -0.2) is 6.71 Å². The van der Waals surface area contributed by atoms with Crippen molar-refractivity contribution in [1.29, 1.82) is 0 Å². The van der Waals surface area contributed by atoms with Gasteiger partial charge in [-0.25, -0.2) is 0 Å². The molecule has 6 aromatic carbocycles. The van der Waals surface area contributed by atoms with Crippen molar-refractivity contribution in [2.24, 2.45) is 0 Å². The fourth-order valence-electron chi connectivity index (χ4n) is 6.61. The number of nitrogens with zero attached hydrogens (tertiary/aromatic N) is 2. The van der Waals surface area contributed by atoms with E-state index in [-0.39, 0.29) is 6.71 Å². The third-order valence-electron chi connectivity index (χ3n) is 8.27. The zero-order chi connectivity index (χ0) is 26.9. The van der Waals surface area contributed by atoms with Crippen LogP contribution in [0.3, 0.4) is 0 Å². The second kappa shape index (κ2) is 8.82. The molecule has 0 fully saturated rings.